The first-order valence-corrected chi connectivity index (χ1v) is 9.02. The van der Waals surface area contributed by atoms with Gasteiger partial charge in [0.05, 0.1) is 25.1 Å². The molecule has 6 nitrogen and oxygen atoms in total. The zero-order chi connectivity index (χ0) is 18.4. The zero-order valence-corrected chi connectivity index (χ0v) is 15.4. The monoisotopic (exact) mass is 369 g/mol. The minimum Gasteiger partial charge on any atom is -0.497 e. The molecular formula is C19H19N3O3S. The highest BCUT2D eigenvalue weighted by atomic mass is 32.2. The van der Waals surface area contributed by atoms with E-state index in [1.165, 1.54) is 11.8 Å². The van der Waals surface area contributed by atoms with Gasteiger partial charge >= 0.3 is 0 Å². The molecule has 0 radical (unpaired) electrons. The highest BCUT2D eigenvalue weighted by Gasteiger charge is 2.14. The van der Waals surface area contributed by atoms with Gasteiger partial charge in [0.25, 0.3) is 0 Å². The molecule has 0 bridgehead atoms. The van der Waals surface area contributed by atoms with Crippen LogP contribution in [0, 0.1) is 0 Å². The summed E-state index contributed by atoms with van der Waals surface area (Å²) >= 11 is 1.47. The maximum atomic E-state index is 12.4. The molecule has 1 amide bonds. The van der Waals surface area contributed by atoms with Gasteiger partial charge in [-0.1, -0.05) is 17.3 Å². The van der Waals surface area contributed by atoms with Crippen molar-refractivity contribution < 1.29 is 14.1 Å². The highest BCUT2D eigenvalue weighted by molar-refractivity contribution is 8.00. The van der Waals surface area contributed by atoms with Gasteiger partial charge in [-0.3, -0.25) is 9.78 Å². The summed E-state index contributed by atoms with van der Waals surface area (Å²) in [6.45, 7) is 0.358. The summed E-state index contributed by atoms with van der Waals surface area (Å²) in [6, 6.07) is 15.1. The van der Waals surface area contributed by atoms with E-state index >= 15 is 0 Å². The van der Waals surface area contributed by atoms with Crippen molar-refractivity contribution in [1.29, 1.82) is 0 Å². The van der Waals surface area contributed by atoms with E-state index in [9.17, 15) is 4.79 Å². The van der Waals surface area contributed by atoms with Crippen LogP contribution in [0.1, 0.15) is 5.76 Å². The van der Waals surface area contributed by atoms with Crippen LogP contribution in [0.4, 0.5) is 0 Å². The van der Waals surface area contributed by atoms with E-state index in [-0.39, 0.29) is 5.91 Å². The predicted octanol–water partition coefficient (Wildman–Crippen LogP) is 3.50. The first-order valence-electron chi connectivity index (χ1n) is 8.03. The Labute approximate surface area is 156 Å². The van der Waals surface area contributed by atoms with Crippen LogP contribution in [0.15, 0.2) is 64.1 Å². The Bertz CT molecular complexity index is 867. The lowest BCUT2D eigenvalue weighted by Gasteiger charge is -2.15. The Morgan fingerprint density at radius 1 is 1.19 bits per heavy atom. The average molecular weight is 369 g/mol. The normalized spacial score (nSPS) is 10.5. The minimum absolute atomic E-state index is 0.00797. The quantitative estimate of drug-likeness (QED) is 0.594. The van der Waals surface area contributed by atoms with Gasteiger partial charge in [-0.15, -0.1) is 11.8 Å². The van der Waals surface area contributed by atoms with Crippen LogP contribution in [0.5, 0.6) is 5.75 Å². The number of carbonyl (C=O) groups is 1. The van der Waals surface area contributed by atoms with Crippen LogP contribution in [0.25, 0.3) is 11.4 Å². The Morgan fingerprint density at radius 3 is 2.85 bits per heavy atom. The molecule has 7 heteroatoms. The molecule has 0 saturated carbocycles. The first kappa shape index (κ1) is 18.0. The largest absolute Gasteiger partial charge is 0.497 e. The summed E-state index contributed by atoms with van der Waals surface area (Å²) < 4.78 is 10.5. The molecule has 2 aromatic heterocycles. The van der Waals surface area contributed by atoms with Crippen molar-refractivity contribution in [1.82, 2.24) is 15.0 Å². The van der Waals surface area contributed by atoms with Crippen molar-refractivity contribution in [2.24, 2.45) is 0 Å². The molecule has 0 N–H and O–H groups in total. The number of carbonyl (C=O) groups excluding carboxylic acids is 1. The molecular weight excluding hydrogens is 350 g/mol. The number of hydrogen-bond donors (Lipinski definition) is 0. The summed E-state index contributed by atoms with van der Waals surface area (Å²) in [7, 11) is 3.37. The zero-order valence-electron chi connectivity index (χ0n) is 14.6. The van der Waals surface area contributed by atoms with E-state index in [1.807, 2.05) is 42.5 Å². The van der Waals surface area contributed by atoms with Crippen LogP contribution >= 0.6 is 11.8 Å². The molecule has 134 valence electrons. The standard InChI is InChI=1S/C19H19N3O3S/c1-22(19(23)13-26-16-7-5-6-14(10-16)24-2)12-15-11-18(21-25-15)17-8-3-4-9-20-17/h3-11H,12-13H2,1-2H3. The van der Waals surface area contributed by atoms with E-state index in [1.54, 1.807) is 31.3 Å². The number of ether oxygens (including phenoxy) is 1. The molecule has 2 heterocycles. The third-order valence-electron chi connectivity index (χ3n) is 3.71. The van der Waals surface area contributed by atoms with Crippen LogP contribution < -0.4 is 4.74 Å². The van der Waals surface area contributed by atoms with Crippen LogP contribution in [0.2, 0.25) is 0 Å². The molecule has 3 aromatic rings. The fourth-order valence-corrected chi connectivity index (χ4v) is 3.18. The summed E-state index contributed by atoms with van der Waals surface area (Å²) in [6.07, 6.45) is 1.70. The van der Waals surface area contributed by atoms with E-state index in [0.717, 1.165) is 16.3 Å². The molecule has 0 aliphatic rings. The third kappa shape index (κ3) is 4.64. The van der Waals surface area contributed by atoms with Crippen LogP contribution in [-0.4, -0.2) is 40.9 Å². The molecule has 1 aromatic carbocycles. The summed E-state index contributed by atoms with van der Waals surface area (Å²) in [4.78, 5) is 19.2. The number of nitrogens with zero attached hydrogens (tertiary/aromatic N) is 3. The number of rotatable bonds is 7. The average Bonchev–Trinajstić information content (AvgIpc) is 3.15. The Morgan fingerprint density at radius 2 is 2.08 bits per heavy atom. The maximum absolute atomic E-state index is 12.4. The molecule has 0 fully saturated rings. The Balaban J connectivity index is 1.55. The van der Waals surface area contributed by atoms with Gasteiger partial charge in [-0.25, -0.2) is 0 Å². The molecule has 0 saturated heterocycles. The van der Waals surface area contributed by atoms with Gasteiger partial charge in [0.2, 0.25) is 5.91 Å². The van der Waals surface area contributed by atoms with E-state index in [2.05, 4.69) is 10.1 Å². The SMILES string of the molecule is COc1cccc(SCC(=O)N(C)Cc2cc(-c3ccccn3)no2)c1. The molecule has 0 aliphatic heterocycles. The first-order chi connectivity index (χ1) is 12.7. The van der Waals surface area contributed by atoms with E-state index in [0.29, 0.717) is 23.8 Å². The number of thioether (sulfide) groups is 1. The number of methoxy groups -OCH3 is 1. The van der Waals surface area contributed by atoms with Crippen molar-refractivity contribution in [3.63, 3.8) is 0 Å². The number of amides is 1. The predicted molar refractivity (Wildman–Crippen MR) is 99.9 cm³/mol. The molecule has 0 unspecified atom stereocenters. The lowest BCUT2D eigenvalue weighted by molar-refractivity contribution is -0.127. The molecule has 0 atom stereocenters. The van der Waals surface area contributed by atoms with Crippen molar-refractivity contribution >= 4 is 17.7 Å². The smallest absolute Gasteiger partial charge is 0.233 e. The lowest BCUT2D eigenvalue weighted by Crippen LogP contribution is -2.27. The van der Waals surface area contributed by atoms with Crippen molar-refractivity contribution in [3.8, 4) is 17.1 Å². The number of pyridine rings is 1. The molecule has 0 aliphatic carbocycles. The topological polar surface area (TPSA) is 68.5 Å². The van der Waals surface area contributed by atoms with Crippen molar-refractivity contribution in [2.75, 3.05) is 19.9 Å². The Kier molecular flexibility index (Phi) is 5.91. The second-order valence-electron chi connectivity index (χ2n) is 5.61. The highest BCUT2D eigenvalue weighted by Crippen LogP contribution is 2.23. The number of benzene rings is 1. The number of aromatic nitrogens is 2. The van der Waals surface area contributed by atoms with Gasteiger partial charge in [0.15, 0.2) is 5.76 Å². The van der Waals surface area contributed by atoms with E-state index < -0.39 is 0 Å². The summed E-state index contributed by atoms with van der Waals surface area (Å²) in [5.74, 6) is 1.74. The van der Waals surface area contributed by atoms with Gasteiger partial charge in [0, 0.05) is 24.2 Å². The van der Waals surface area contributed by atoms with Crippen molar-refractivity contribution in [2.45, 2.75) is 11.4 Å². The molecule has 26 heavy (non-hydrogen) atoms. The van der Waals surface area contributed by atoms with Crippen LogP contribution in [-0.2, 0) is 11.3 Å². The van der Waals surface area contributed by atoms with Gasteiger partial charge in [-0.05, 0) is 30.3 Å². The summed E-state index contributed by atoms with van der Waals surface area (Å²) in [5.41, 5.74) is 1.40. The van der Waals surface area contributed by atoms with Gasteiger partial charge < -0.3 is 14.2 Å². The van der Waals surface area contributed by atoms with Crippen molar-refractivity contribution in [3.05, 3.63) is 60.5 Å². The minimum atomic E-state index is 0.00797. The second kappa shape index (κ2) is 8.53. The van der Waals surface area contributed by atoms with Gasteiger partial charge in [0.1, 0.15) is 11.4 Å². The fraction of sp³-hybridized carbons (Fsp3) is 0.211. The summed E-state index contributed by atoms with van der Waals surface area (Å²) in [5, 5.41) is 4.02. The van der Waals surface area contributed by atoms with Crippen LogP contribution in [0.3, 0.4) is 0 Å². The molecule has 0 spiro atoms. The molecule has 3 rings (SSSR count). The maximum Gasteiger partial charge on any atom is 0.233 e. The van der Waals surface area contributed by atoms with E-state index in [4.69, 9.17) is 9.26 Å². The van der Waals surface area contributed by atoms with Gasteiger partial charge in [-0.2, -0.15) is 0 Å². The lowest BCUT2D eigenvalue weighted by atomic mass is 10.2. The Hall–Kier alpha value is -2.80. The fourth-order valence-electron chi connectivity index (χ4n) is 2.29. The second-order valence-corrected chi connectivity index (χ2v) is 6.66. The number of hydrogen-bond acceptors (Lipinski definition) is 6. The third-order valence-corrected chi connectivity index (χ3v) is 4.69.